The fourth-order valence-electron chi connectivity index (χ4n) is 2.44. The predicted molar refractivity (Wildman–Crippen MR) is 102 cm³/mol. The Morgan fingerprint density at radius 2 is 1.72 bits per heavy atom. The molecular formula is C18H11F4N5S2. The minimum Gasteiger partial charge on any atom is -0.356 e. The normalized spacial score (nSPS) is 11.7. The van der Waals surface area contributed by atoms with Crippen molar-refractivity contribution in [3.8, 4) is 0 Å². The minimum atomic E-state index is -4.65. The van der Waals surface area contributed by atoms with Gasteiger partial charge in [-0.05, 0) is 35.5 Å². The molecule has 0 radical (unpaired) electrons. The van der Waals surface area contributed by atoms with Crippen LogP contribution < -0.4 is 5.32 Å². The van der Waals surface area contributed by atoms with Gasteiger partial charge in [0.1, 0.15) is 10.8 Å². The Morgan fingerprint density at radius 3 is 2.48 bits per heavy atom. The van der Waals surface area contributed by atoms with Crippen LogP contribution in [0.1, 0.15) is 11.4 Å². The number of nitrogens with zero attached hydrogens (tertiary/aromatic N) is 4. The summed E-state index contributed by atoms with van der Waals surface area (Å²) in [5.74, 6) is -1.52. The first-order valence-corrected chi connectivity index (χ1v) is 9.85. The molecule has 4 aromatic rings. The lowest BCUT2D eigenvalue weighted by atomic mass is 10.2. The summed E-state index contributed by atoms with van der Waals surface area (Å²) in [6, 6.07) is 12.5. The van der Waals surface area contributed by atoms with E-state index >= 15 is 0 Å². The maximum atomic E-state index is 13.1. The summed E-state index contributed by atoms with van der Waals surface area (Å²) in [6.07, 6.45) is -4.65. The van der Waals surface area contributed by atoms with E-state index < -0.39 is 12.0 Å². The van der Waals surface area contributed by atoms with Crippen LogP contribution in [-0.2, 0) is 12.7 Å². The SMILES string of the molecule is Fc1ccc(CNc2nnc(Sc3nc(C(F)(F)F)nc4ccccc34)s2)cc1. The van der Waals surface area contributed by atoms with Crippen molar-refractivity contribution >= 4 is 39.1 Å². The molecule has 0 aliphatic heterocycles. The molecule has 11 heteroatoms. The quantitative estimate of drug-likeness (QED) is 0.333. The van der Waals surface area contributed by atoms with Gasteiger partial charge < -0.3 is 5.32 Å². The van der Waals surface area contributed by atoms with Crippen molar-refractivity contribution in [3.63, 3.8) is 0 Å². The fourth-order valence-corrected chi connectivity index (χ4v) is 4.21. The lowest BCUT2D eigenvalue weighted by Gasteiger charge is -2.09. The Kier molecular flexibility index (Phi) is 5.33. The lowest BCUT2D eigenvalue weighted by molar-refractivity contribution is -0.145. The van der Waals surface area contributed by atoms with Gasteiger partial charge in [-0.2, -0.15) is 13.2 Å². The molecule has 1 N–H and O–H groups in total. The van der Waals surface area contributed by atoms with E-state index in [0.717, 1.165) is 17.3 Å². The van der Waals surface area contributed by atoms with E-state index in [0.29, 0.717) is 21.4 Å². The van der Waals surface area contributed by atoms with E-state index in [1.807, 2.05) is 0 Å². The van der Waals surface area contributed by atoms with Crippen molar-refractivity contribution in [3.05, 3.63) is 65.7 Å². The van der Waals surface area contributed by atoms with E-state index in [4.69, 9.17) is 0 Å². The highest BCUT2D eigenvalue weighted by Gasteiger charge is 2.35. The number of hydrogen-bond acceptors (Lipinski definition) is 7. The fraction of sp³-hybridized carbons (Fsp3) is 0.111. The van der Waals surface area contributed by atoms with Gasteiger partial charge in [-0.25, -0.2) is 14.4 Å². The van der Waals surface area contributed by atoms with Crippen molar-refractivity contribution in [1.29, 1.82) is 0 Å². The zero-order valence-corrected chi connectivity index (χ0v) is 16.1. The summed E-state index contributed by atoms with van der Waals surface area (Å²) in [5.41, 5.74) is 1.06. The van der Waals surface area contributed by atoms with Gasteiger partial charge in [0.2, 0.25) is 11.0 Å². The number of alkyl halides is 3. The Bertz CT molecular complexity index is 1150. The van der Waals surface area contributed by atoms with Crippen molar-refractivity contribution in [2.75, 3.05) is 5.32 Å². The van der Waals surface area contributed by atoms with E-state index in [-0.39, 0.29) is 16.4 Å². The number of nitrogens with one attached hydrogen (secondary N) is 1. The third-order valence-electron chi connectivity index (χ3n) is 3.77. The number of benzene rings is 2. The summed E-state index contributed by atoms with van der Waals surface area (Å²) < 4.78 is 52.8. The number of rotatable bonds is 5. The summed E-state index contributed by atoms with van der Waals surface area (Å²) in [7, 11) is 0. The molecule has 5 nitrogen and oxygen atoms in total. The van der Waals surface area contributed by atoms with Crippen LogP contribution in [0.25, 0.3) is 10.9 Å². The second-order valence-electron chi connectivity index (χ2n) is 5.82. The van der Waals surface area contributed by atoms with Crippen molar-refractivity contribution in [2.45, 2.75) is 22.1 Å². The number of anilines is 1. The Labute approximate surface area is 170 Å². The number of halogens is 4. The Morgan fingerprint density at radius 1 is 0.966 bits per heavy atom. The average Bonchev–Trinajstić information content (AvgIpc) is 3.14. The first-order valence-electron chi connectivity index (χ1n) is 8.22. The molecule has 0 saturated heterocycles. The van der Waals surface area contributed by atoms with Crippen LogP contribution in [0.4, 0.5) is 22.7 Å². The highest BCUT2D eigenvalue weighted by Crippen LogP contribution is 2.37. The highest BCUT2D eigenvalue weighted by atomic mass is 32.2. The molecule has 0 spiro atoms. The molecule has 4 rings (SSSR count). The molecule has 0 atom stereocenters. The van der Waals surface area contributed by atoms with Gasteiger partial charge in [0.05, 0.1) is 5.52 Å². The van der Waals surface area contributed by atoms with E-state index in [9.17, 15) is 17.6 Å². The van der Waals surface area contributed by atoms with Crippen molar-refractivity contribution in [2.24, 2.45) is 0 Å². The molecule has 29 heavy (non-hydrogen) atoms. The number of hydrogen-bond donors (Lipinski definition) is 1. The largest absolute Gasteiger partial charge is 0.451 e. The number of aromatic nitrogens is 4. The van der Waals surface area contributed by atoms with E-state index in [1.54, 1.807) is 30.3 Å². The lowest BCUT2D eigenvalue weighted by Crippen LogP contribution is -2.11. The van der Waals surface area contributed by atoms with Gasteiger partial charge in [0.15, 0.2) is 4.34 Å². The summed E-state index contributed by atoms with van der Waals surface area (Å²) >= 11 is 2.18. The minimum absolute atomic E-state index is 0.157. The monoisotopic (exact) mass is 437 g/mol. The Balaban J connectivity index is 1.55. The molecule has 0 saturated carbocycles. The molecule has 0 aliphatic carbocycles. The second-order valence-corrected chi connectivity index (χ2v) is 8.04. The Hall–Kier alpha value is -2.79. The van der Waals surface area contributed by atoms with Crippen LogP contribution >= 0.6 is 23.1 Å². The summed E-state index contributed by atoms with van der Waals surface area (Å²) in [6.45, 7) is 0.411. The van der Waals surface area contributed by atoms with Crippen LogP contribution in [0, 0.1) is 5.82 Å². The van der Waals surface area contributed by atoms with Crippen LogP contribution in [0.3, 0.4) is 0 Å². The second kappa shape index (κ2) is 7.91. The smallest absolute Gasteiger partial charge is 0.356 e. The molecule has 0 unspecified atom stereocenters. The van der Waals surface area contributed by atoms with E-state index in [2.05, 4.69) is 25.5 Å². The van der Waals surface area contributed by atoms with Gasteiger partial charge in [0.25, 0.3) is 0 Å². The molecular weight excluding hydrogens is 426 g/mol. The van der Waals surface area contributed by atoms with Crippen molar-refractivity contribution < 1.29 is 17.6 Å². The number of fused-ring (bicyclic) bond motifs is 1. The maximum Gasteiger partial charge on any atom is 0.451 e. The number of para-hydroxylation sites is 1. The first kappa shape index (κ1) is 19.5. The summed E-state index contributed by atoms with van der Waals surface area (Å²) in [5, 5.41) is 12.2. The standard InChI is InChI=1S/C18H11F4N5S2/c19-11-7-5-10(6-8-11)9-23-16-26-27-17(29-16)28-14-12-3-1-2-4-13(12)24-15(25-14)18(20,21)22/h1-8H,9H2,(H,23,26). The molecule has 2 aromatic carbocycles. The zero-order valence-electron chi connectivity index (χ0n) is 14.4. The maximum absolute atomic E-state index is 13.1. The third-order valence-corrected chi connectivity index (χ3v) is 5.71. The molecule has 0 aliphatic rings. The van der Waals surface area contributed by atoms with Gasteiger partial charge in [-0.1, -0.05) is 41.7 Å². The van der Waals surface area contributed by atoms with Crippen LogP contribution in [-0.4, -0.2) is 20.2 Å². The zero-order chi connectivity index (χ0) is 20.4. The molecule has 2 aromatic heterocycles. The van der Waals surface area contributed by atoms with Gasteiger partial charge in [0, 0.05) is 11.9 Å². The molecule has 2 heterocycles. The average molecular weight is 437 g/mol. The topological polar surface area (TPSA) is 63.6 Å². The molecule has 0 bridgehead atoms. The molecule has 0 fully saturated rings. The summed E-state index contributed by atoms with van der Waals surface area (Å²) in [4.78, 5) is 7.29. The molecule has 0 amide bonds. The first-order chi connectivity index (χ1) is 13.9. The highest BCUT2D eigenvalue weighted by molar-refractivity contribution is 8.01. The van der Waals surface area contributed by atoms with Gasteiger partial charge in [-0.15, -0.1) is 10.2 Å². The van der Waals surface area contributed by atoms with Crippen LogP contribution in [0.5, 0.6) is 0 Å². The van der Waals surface area contributed by atoms with Crippen LogP contribution in [0.15, 0.2) is 57.9 Å². The van der Waals surface area contributed by atoms with Crippen molar-refractivity contribution in [1.82, 2.24) is 20.2 Å². The molecule has 148 valence electrons. The van der Waals surface area contributed by atoms with Gasteiger partial charge in [-0.3, -0.25) is 0 Å². The third kappa shape index (κ3) is 4.62. The predicted octanol–water partition coefficient (Wildman–Crippen LogP) is 5.40. The van der Waals surface area contributed by atoms with E-state index in [1.165, 1.54) is 29.5 Å². The van der Waals surface area contributed by atoms with Gasteiger partial charge >= 0.3 is 6.18 Å². The van der Waals surface area contributed by atoms with Crippen LogP contribution in [0.2, 0.25) is 0 Å².